The first-order chi connectivity index (χ1) is 5.57. The maximum absolute atomic E-state index is 10.7. The molecule has 1 aliphatic rings. The van der Waals surface area contributed by atoms with Crippen molar-refractivity contribution in [1.82, 2.24) is 0 Å². The van der Waals surface area contributed by atoms with Gasteiger partial charge in [-0.25, -0.2) is 0 Å². The lowest BCUT2D eigenvalue weighted by Gasteiger charge is -2.11. The second-order valence-electron chi connectivity index (χ2n) is 3.99. The molecule has 0 aromatic rings. The SMILES string of the molecule is CC(C)COCC1(C(=O)O)CC1. The first kappa shape index (κ1) is 9.52. The quantitative estimate of drug-likeness (QED) is 0.684. The Morgan fingerprint density at radius 2 is 2.17 bits per heavy atom. The van der Waals surface area contributed by atoms with Gasteiger partial charge in [-0.05, 0) is 18.8 Å². The summed E-state index contributed by atoms with van der Waals surface area (Å²) in [5, 5.41) is 8.79. The Balaban J connectivity index is 2.19. The fourth-order valence-corrected chi connectivity index (χ4v) is 1.06. The summed E-state index contributed by atoms with van der Waals surface area (Å²) in [6.45, 7) is 5.16. The molecule has 0 aromatic carbocycles. The minimum absolute atomic E-state index is 0.389. The van der Waals surface area contributed by atoms with Crippen LogP contribution in [0, 0.1) is 11.3 Å². The maximum atomic E-state index is 10.7. The van der Waals surface area contributed by atoms with E-state index >= 15 is 0 Å². The van der Waals surface area contributed by atoms with Crippen LogP contribution in [0.5, 0.6) is 0 Å². The molecule has 70 valence electrons. The third-order valence-corrected chi connectivity index (χ3v) is 2.14. The van der Waals surface area contributed by atoms with Crippen LogP contribution in [0.3, 0.4) is 0 Å². The molecule has 1 fully saturated rings. The molecular weight excluding hydrogens is 156 g/mol. The average Bonchev–Trinajstić information content (AvgIpc) is 2.68. The maximum Gasteiger partial charge on any atom is 0.311 e. The third-order valence-electron chi connectivity index (χ3n) is 2.14. The standard InChI is InChI=1S/C9H16O3/c1-7(2)5-12-6-9(3-4-9)8(10)11/h7H,3-6H2,1-2H3,(H,10,11). The van der Waals surface area contributed by atoms with Crippen LogP contribution in [-0.4, -0.2) is 24.3 Å². The molecule has 12 heavy (non-hydrogen) atoms. The van der Waals surface area contributed by atoms with Crippen LogP contribution < -0.4 is 0 Å². The van der Waals surface area contributed by atoms with Crippen LogP contribution in [-0.2, 0) is 9.53 Å². The molecule has 0 aliphatic heterocycles. The Kier molecular flexibility index (Phi) is 2.73. The van der Waals surface area contributed by atoms with Crippen LogP contribution in [0.25, 0.3) is 0 Å². The predicted molar refractivity (Wildman–Crippen MR) is 45.0 cm³/mol. The van der Waals surface area contributed by atoms with Crippen molar-refractivity contribution in [2.75, 3.05) is 13.2 Å². The summed E-state index contributed by atoms with van der Waals surface area (Å²) < 4.78 is 5.30. The van der Waals surface area contributed by atoms with Crippen molar-refractivity contribution >= 4 is 5.97 Å². The van der Waals surface area contributed by atoms with Gasteiger partial charge in [-0.2, -0.15) is 0 Å². The smallest absolute Gasteiger partial charge is 0.311 e. The summed E-state index contributed by atoms with van der Waals surface area (Å²) in [6, 6.07) is 0. The minimum Gasteiger partial charge on any atom is -0.481 e. The van der Waals surface area contributed by atoms with Crippen molar-refractivity contribution in [3.05, 3.63) is 0 Å². The lowest BCUT2D eigenvalue weighted by atomic mass is 10.1. The third kappa shape index (κ3) is 2.21. The van der Waals surface area contributed by atoms with E-state index in [1.807, 2.05) is 0 Å². The fourth-order valence-electron chi connectivity index (χ4n) is 1.06. The van der Waals surface area contributed by atoms with Crippen molar-refractivity contribution in [2.45, 2.75) is 26.7 Å². The lowest BCUT2D eigenvalue weighted by Crippen LogP contribution is -2.22. The summed E-state index contributed by atoms with van der Waals surface area (Å²) in [4.78, 5) is 10.7. The molecular formula is C9H16O3. The van der Waals surface area contributed by atoms with Gasteiger partial charge in [0.1, 0.15) is 0 Å². The van der Waals surface area contributed by atoms with Crippen molar-refractivity contribution in [3.8, 4) is 0 Å². The largest absolute Gasteiger partial charge is 0.481 e. The van der Waals surface area contributed by atoms with Gasteiger partial charge in [-0.3, -0.25) is 4.79 Å². The lowest BCUT2D eigenvalue weighted by molar-refractivity contribution is -0.146. The zero-order valence-corrected chi connectivity index (χ0v) is 7.67. The van der Waals surface area contributed by atoms with Crippen molar-refractivity contribution < 1.29 is 14.6 Å². The van der Waals surface area contributed by atoms with E-state index in [1.54, 1.807) is 0 Å². The van der Waals surface area contributed by atoms with Gasteiger partial charge in [0, 0.05) is 6.61 Å². The summed E-state index contributed by atoms with van der Waals surface area (Å²) in [5.74, 6) is -0.221. The van der Waals surface area contributed by atoms with Crippen LogP contribution >= 0.6 is 0 Å². The second-order valence-corrected chi connectivity index (χ2v) is 3.99. The van der Waals surface area contributed by atoms with E-state index in [0.29, 0.717) is 19.1 Å². The molecule has 0 heterocycles. The Hall–Kier alpha value is -0.570. The zero-order valence-electron chi connectivity index (χ0n) is 7.67. The molecule has 1 rings (SSSR count). The zero-order chi connectivity index (χ0) is 9.19. The molecule has 0 aromatic heterocycles. The van der Waals surface area contributed by atoms with E-state index < -0.39 is 11.4 Å². The highest BCUT2D eigenvalue weighted by Crippen LogP contribution is 2.46. The highest BCUT2D eigenvalue weighted by molar-refractivity contribution is 5.77. The molecule has 0 unspecified atom stereocenters. The number of carboxylic acids is 1. The van der Waals surface area contributed by atoms with Gasteiger partial charge >= 0.3 is 5.97 Å². The first-order valence-corrected chi connectivity index (χ1v) is 4.38. The van der Waals surface area contributed by atoms with Gasteiger partial charge < -0.3 is 9.84 Å². The van der Waals surface area contributed by atoms with E-state index in [0.717, 1.165) is 12.8 Å². The number of carbonyl (C=O) groups is 1. The molecule has 0 bridgehead atoms. The molecule has 0 saturated heterocycles. The molecule has 1 N–H and O–H groups in total. The fraction of sp³-hybridized carbons (Fsp3) is 0.889. The highest BCUT2D eigenvalue weighted by Gasteiger charge is 2.50. The molecule has 1 saturated carbocycles. The topological polar surface area (TPSA) is 46.5 Å². The van der Waals surface area contributed by atoms with Crippen LogP contribution in [0.2, 0.25) is 0 Å². The average molecular weight is 172 g/mol. The van der Waals surface area contributed by atoms with Gasteiger partial charge in [-0.1, -0.05) is 13.8 Å². The monoisotopic (exact) mass is 172 g/mol. The van der Waals surface area contributed by atoms with Gasteiger partial charge in [0.25, 0.3) is 0 Å². The minimum atomic E-state index is -0.703. The van der Waals surface area contributed by atoms with Gasteiger partial charge in [0.05, 0.1) is 12.0 Å². The molecule has 0 amide bonds. The number of hydrogen-bond donors (Lipinski definition) is 1. The summed E-state index contributed by atoms with van der Waals surface area (Å²) in [5.41, 5.74) is -0.519. The first-order valence-electron chi connectivity index (χ1n) is 4.38. The number of carboxylic acid groups (broad SMARTS) is 1. The van der Waals surface area contributed by atoms with Crippen molar-refractivity contribution in [1.29, 1.82) is 0 Å². The van der Waals surface area contributed by atoms with E-state index in [4.69, 9.17) is 9.84 Å². The Morgan fingerprint density at radius 1 is 1.58 bits per heavy atom. The molecule has 3 nitrogen and oxygen atoms in total. The molecule has 0 atom stereocenters. The van der Waals surface area contributed by atoms with Crippen molar-refractivity contribution in [3.63, 3.8) is 0 Å². The molecule has 0 spiro atoms. The normalized spacial score (nSPS) is 19.6. The van der Waals surface area contributed by atoms with E-state index in [2.05, 4.69) is 13.8 Å². The summed E-state index contributed by atoms with van der Waals surface area (Å²) >= 11 is 0. The number of hydrogen-bond acceptors (Lipinski definition) is 2. The number of rotatable bonds is 5. The van der Waals surface area contributed by atoms with Gasteiger partial charge in [0.15, 0.2) is 0 Å². The molecule has 3 heteroatoms. The second kappa shape index (κ2) is 3.44. The molecule has 0 radical (unpaired) electrons. The summed E-state index contributed by atoms with van der Waals surface area (Å²) in [7, 11) is 0. The Bertz CT molecular complexity index is 171. The molecule has 1 aliphatic carbocycles. The van der Waals surface area contributed by atoms with E-state index in [-0.39, 0.29) is 0 Å². The summed E-state index contributed by atoms with van der Waals surface area (Å²) in [6.07, 6.45) is 1.56. The van der Waals surface area contributed by atoms with Crippen LogP contribution in [0.4, 0.5) is 0 Å². The predicted octanol–water partition coefficient (Wildman–Crippen LogP) is 1.52. The van der Waals surface area contributed by atoms with Gasteiger partial charge in [0.2, 0.25) is 0 Å². The van der Waals surface area contributed by atoms with Crippen molar-refractivity contribution in [2.24, 2.45) is 11.3 Å². The Labute approximate surface area is 72.7 Å². The van der Waals surface area contributed by atoms with E-state index in [1.165, 1.54) is 0 Å². The Morgan fingerprint density at radius 3 is 2.50 bits per heavy atom. The number of ether oxygens (including phenoxy) is 1. The highest BCUT2D eigenvalue weighted by atomic mass is 16.5. The van der Waals surface area contributed by atoms with E-state index in [9.17, 15) is 4.79 Å². The van der Waals surface area contributed by atoms with Crippen LogP contribution in [0.15, 0.2) is 0 Å². The van der Waals surface area contributed by atoms with Crippen LogP contribution in [0.1, 0.15) is 26.7 Å². The number of aliphatic carboxylic acids is 1. The van der Waals surface area contributed by atoms with Gasteiger partial charge in [-0.15, -0.1) is 0 Å².